The second-order valence-electron chi connectivity index (χ2n) is 10.5. The summed E-state index contributed by atoms with van der Waals surface area (Å²) in [4.78, 5) is 2.36. The van der Waals surface area contributed by atoms with Gasteiger partial charge in [-0.15, -0.1) is 11.3 Å². The van der Waals surface area contributed by atoms with Crippen molar-refractivity contribution in [1.82, 2.24) is 0 Å². The molecule has 0 radical (unpaired) electrons. The first-order valence-electron chi connectivity index (χ1n) is 14.0. The molecule has 198 valence electrons. The summed E-state index contributed by atoms with van der Waals surface area (Å²) in [7, 11) is 0. The van der Waals surface area contributed by atoms with Crippen molar-refractivity contribution < 1.29 is 8.83 Å². The zero-order valence-electron chi connectivity index (χ0n) is 22.5. The Balaban J connectivity index is 1.30. The van der Waals surface area contributed by atoms with Crippen LogP contribution in [0.3, 0.4) is 0 Å². The summed E-state index contributed by atoms with van der Waals surface area (Å²) in [6.07, 6.45) is 0. The Morgan fingerprint density at radius 3 is 2.02 bits per heavy atom. The van der Waals surface area contributed by atoms with Crippen molar-refractivity contribution in [3.8, 4) is 11.1 Å². The number of hydrogen-bond acceptors (Lipinski definition) is 4. The van der Waals surface area contributed by atoms with Gasteiger partial charge in [-0.25, -0.2) is 0 Å². The molecule has 0 aliphatic rings. The maximum absolute atomic E-state index is 6.32. The molecule has 0 atom stereocenters. The van der Waals surface area contributed by atoms with E-state index in [0.717, 1.165) is 55.6 Å². The Morgan fingerprint density at radius 1 is 0.476 bits per heavy atom. The van der Waals surface area contributed by atoms with Crippen LogP contribution in [-0.4, -0.2) is 0 Å². The molecule has 0 aliphatic carbocycles. The van der Waals surface area contributed by atoms with Crippen LogP contribution in [0.2, 0.25) is 0 Å². The predicted molar refractivity (Wildman–Crippen MR) is 176 cm³/mol. The number of para-hydroxylation sites is 3. The van der Waals surface area contributed by atoms with Crippen molar-refractivity contribution in [3.63, 3.8) is 0 Å². The van der Waals surface area contributed by atoms with Crippen LogP contribution < -0.4 is 4.90 Å². The zero-order valence-corrected chi connectivity index (χ0v) is 23.3. The van der Waals surface area contributed by atoms with Crippen LogP contribution in [0.1, 0.15) is 0 Å². The average Bonchev–Trinajstić information content (AvgIpc) is 3.71. The molecule has 4 heteroatoms. The van der Waals surface area contributed by atoms with Crippen LogP contribution in [0.25, 0.3) is 64.4 Å². The van der Waals surface area contributed by atoms with Gasteiger partial charge in [0.05, 0.1) is 10.4 Å². The normalized spacial score (nSPS) is 11.8. The van der Waals surface area contributed by atoms with Gasteiger partial charge in [-0.3, -0.25) is 0 Å². The lowest BCUT2D eigenvalue weighted by Crippen LogP contribution is -2.11. The van der Waals surface area contributed by atoms with Crippen LogP contribution in [-0.2, 0) is 0 Å². The van der Waals surface area contributed by atoms with E-state index in [1.165, 1.54) is 25.9 Å². The molecule has 0 amide bonds. The first kappa shape index (κ1) is 23.4. The van der Waals surface area contributed by atoms with Crippen molar-refractivity contribution in [3.05, 3.63) is 140 Å². The summed E-state index contributed by atoms with van der Waals surface area (Å²) in [6.45, 7) is 0. The number of benzene rings is 6. The fourth-order valence-corrected chi connectivity index (χ4v) is 7.34. The maximum atomic E-state index is 6.32. The molecule has 0 saturated heterocycles. The van der Waals surface area contributed by atoms with Crippen LogP contribution in [0.4, 0.5) is 17.1 Å². The standard InChI is InChI=1S/C38H23NO2S/c1-2-10-24(11-3-1)27-12-4-7-15-32(27)39(25-19-21-35-31(22-25)28-13-5-8-16-33(28)40-35)26-18-20-30-36(23-26)42-38-29-14-6-9-17-34(29)41-37(30)38/h1-23H. The number of thiophene rings is 1. The Labute approximate surface area is 245 Å². The highest BCUT2D eigenvalue weighted by atomic mass is 32.1. The third-order valence-corrected chi connectivity index (χ3v) is 9.25. The van der Waals surface area contributed by atoms with E-state index in [-0.39, 0.29) is 0 Å². The molecular weight excluding hydrogens is 534 g/mol. The second kappa shape index (κ2) is 9.10. The largest absolute Gasteiger partial charge is 0.456 e. The van der Waals surface area contributed by atoms with Crippen LogP contribution in [0.15, 0.2) is 148 Å². The van der Waals surface area contributed by atoms with Gasteiger partial charge in [0.1, 0.15) is 16.7 Å². The number of hydrogen-bond donors (Lipinski definition) is 0. The van der Waals surface area contributed by atoms with E-state index < -0.39 is 0 Å². The lowest BCUT2D eigenvalue weighted by molar-refractivity contribution is 0.669. The molecular formula is C38H23NO2S. The Kier molecular flexibility index (Phi) is 5.07. The molecule has 3 heterocycles. The number of anilines is 3. The number of furan rings is 2. The third kappa shape index (κ3) is 3.52. The molecule has 0 fully saturated rings. The fourth-order valence-electron chi connectivity index (χ4n) is 6.14. The van der Waals surface area contributed by atoms with Gasteiger partial charge in [0.15, 0.2) is 5.58 Å². The average molecular weight is 558 g/mol. The monoisotopic (exact) mass is 557 g/mol. The minimum absolute atomic E-state index is 0.886. The Bertz CT molecular complexity index is 2430. The summed E-state index contributed by atoms with van der Waals surface area (Å²) in [5.74, 6) is 0. The summed E-state index contributed by atoms with van der Waals surface area (Å²) in [5, 5.41) is 4.53. The zero-order chi connectivity index (χ0) is 27.6. The summed E-state index contributed by atoms with van der Waals surface area (Å²) >= 11 is 1.79. The van der Waals surface area contributed by atoms with Gasteiger partial charge in [0.25, 0.3) is 0 Å². The molecule has 0 bridgehead atoms. The first-order chi connectivity index (χ1) is 20.8. The fraction of sp³-hybridized carbons (Fsp3) is 0. The Hall–Kier alpha value is -5.32. The van der Waals surface area contributed by atoms with E-state index in [0.29, 0.717) is 0 Å². The van der Waals surface area contributed by atoms with E-state index in [2.05, 4.69) is 120 Å². The quantitative estimate of drug-likeness (QED) is 0.215. The third-order valence-electron chi connectivity index (χ3n) is 8.08. The van der Waals surface area contributed by atoms with Gasteiger partial charge in [0.2, 0.25) is 0 Å². The molecule has 3 nitrogen and oxygen atoms in total. The maximum Gasteiger partial charge on any atom is 0.154 e. The summed E-state index contributed by atoms with van der Waals surface area (Å²) in [5.41, 5.74) is 9.30. The van der Waals surface area contributed by atoms with Crippen molar-refractivity contribution in [2.45, 2.75) is 0 Å². The number of fused-ring (bicyclic) bond motifs is 8. The van der Waals surface area contributed by atoms with E-state index in [9.17, 15) is 0 Å². The topological polar surface area (TPSA) is 29.5 Å². The van der Waals surface area contributed by atoms with Crippen molar-refractivity contribution >= 4 is 81.7 Å². The lowest BCUT2D eigenvalue weighted by Gasteiger charge is -2.28. The van der Waals surface area contributed by atoms with E-state index in [1.54, 1.807) is 11.3 Å². The highest BCUT2D eigenvalue weighted by Crippen LogP contribution is 2.46. The van der Waals surface area contributed by atoms with Crippen LogP contribution in [0.5, 0.6) is 0 Å². The molecule has 0 N–H and O–H groups in total. The van der Waals surface area contributed by atoms with Gasteiger partial charge in [0, 0.05) is 43.2 Å². The molecule has 0 unspecified atom stereocenters. The molecule has 0 spiro atoms. The lowest BCUT2D eigenvalue weighted by atomic mass is 10.0. The summed E-state index contributed by atoms with van der Waals surface area (Å²) in [6, 6.07) is 49.0. The number of rotatable bonds is 4. The van der Waals surface area contributed by atoms with E-state index in [1.807, 2.05) is 24.3 Å². The molecule has 9 rings (SSSR count). The first-order valence-corrected chi connectivity index (χ1v) is 14.8. The minimum atomic E-state index is 0.886. The molecule has 42 heavy (non-hydrogen) atoms. The van der Waals surface area contributed by atoms with E-state index >= 15 is 0 Å². The van der Waals surface area contributed by atoms with Gasteiger partial charge in [-0.2, -0.15) is 0 Å². The molecule has 0 aliphatic heterocycles. The van der Waals surface area contributed by atoms with Crippen molar-refractivity contribution in [2.24, 2.45) is 0 Å². The van der Waals surface area contributed by atoms with Crippen molar-refractivity contribution in [1.29, 1.82) is 0 Å². The highest BCUT2D eigenvalue weighted by Gasteiger charge is 2.21. The summed E-state index contributed by atoms with van der Waals surface area (Å²) < 4.78 is 14.9. The molecule has 0 saturated carbocycles. The smallest absolute Gasteiger partial charge is 0.154 e. The van der Waals surface area contributed by atoms with Crippen molar-refractivity contribution in [2.75, 3.05) is 4.90 Å². The molecule has 3 aromatic heterocycles. The number of nitrogens with zero attached hydrogens (tertiary/aromatic N) is 1. The van der Waals surface area contributed by atoms with Crippen LogP contribution >= 0.6 is 11.3 Å². The van der Waals surface area contributed by atoms with Gasteiger partial charge in [-0.1, -0.05) is 78.9 Å². The van der Waals surface area contributed by atoms with Gasteiger partial charge < -0.3 is 13.7 Å². The minimum Gasteiger partial charge on any atom is -0.456 e. The van der Waals surface area contributed by atoms with Gasteiger partial charge in [-0.05, 0) is 66.2 Å². The van der Waals surface area contributed by atoms with E-state index in [4.69, 9.17) is 8.83 Å². The van der Waals surface area contributed by atoms with Gasteiger partial charge >= 0.3 is 0 Å². The predicted octanol–water partition coefficient (Wildman–Crippen LogP) is 11.8. The van der Waals surface area contributed by atoms with Crippen LogP contribution in [0, 0.1) is 0 Å². The molecule has 9 aromatic rings. The SMILES string of the molecule is c1ccc(-c2ccccc2N(c2ccc3c(c2)sc2c4ccccc4oc32)c2ccc3oc4ccccc4c3c2)cc1. The highest BCUT2D eigenvalue weighted by molar-refractivity contribution is 7.26. The second-order valence-corrected chi connectivity index (χ2v) is 11.6. The Morgan fingerprint density at radius 2 is 1.14 bits per heavy atom. The molecule has 6 aromatic carbocycles.